The number of likely N-dealkylation sites (N-methyl/N-ethyl adjacent to an activating group) is 1. The Balaban J connectivity index is 2.26. The molecule has 2 N–H and O–H groups in total. The van der Waals surface area contributed by atoms with E-state index in [2.05, 4.69) is 0 Å². The summed E-state index contributed by atoms with van der Waals surface area (Å²) in [5, 5.41) is 0. The first kappa shape index (κ1) is 10.5. The first-order valence-corrected chi connectivity index (χ1v) is 5.15. The van der Waals surface area contributed by atoms with Crippen LogP contribution in [0.5, 0.6) is 0 Å². The molecule has 0 spiro atoms. The quantitative estimate of drug-likeness (QED) is 0.808. The van der Waals surface area contributed by atoms with E-state index in [0.29, 0.717) is 0 Å². The van der Waals surface area contributed by atoms with Crippen molar-refractivity contribution in [2.75, 3.05) is 7.05 Å². The first-order valence-electron chi connectivity index (χ1n) is 5.15. The smallest absolute Gasteiger partial charge is 0.244 e. The fourth-order valence-electron chi connectivity index (χ4n) is 1.77. The highest BCUT2D eigenvalue weighted by Gasteiger charge is 2.18. The average Bonchev–Trinajstić information content (AvgIpc) is 2.29. The number of hydrogen-bond donors (Lipinski definition) is 1. The van der Waals surface area contributed by atoms with Crippen LogP contribution in [0, 0.1) is 0 Å². The normalized spacial score (nSPS) is 19.4. The summed E-state index contributed by atoms with van der Waals surface area (Å²) in [6.07, 6.45) is 5.69. The minimum Gasteiger partial charge on any atom is -0.368 e. The molecule has 1 aliphatic rings. The van der Waals surface area contributed by atoms with Gasteiger partial charge < -0.3 is 10.6 Å². The second-order valence-corrected chi connectivity index (χ2v) is 3.82. The molecular formula is C13H14N2O. The highest BCUT2D eigenvalue weighted by atomic mass is 16.1. The molecule has 1 amide bonds. The van der Waals surface area contributed by atoms with Gasteiger partial charge in [-0.15, -0.1) is 0 Å². The van der Waals surface area contributed by atoms with Crippen LogP contribution in [-0.4, -0.2) is 23.9 Å². The number of nitrogens with two attached hydrogens (primary N) is 1. The molecule has 1 heterocycles. The number of benzene rings is 1. The summed E-state index contributed by atoms with van der Waals surface area (Å²) in [4.78, 5) is 12.9. The topological polar surface area (TPSA) is 46.3 Å². The lowest BCUT2D eigenvalue weighted by molar-refractivity contribution is -0.120. The number of carbonyl (C=O) groups excluding carboxylic acids is 1. The first-order chi connectivity index (χ1) is 7.68. The van der Waals surface area contributed by atoms with Crippen LogP contribution in [0.25, 0.3) is 5.57 Å². The predicted octanol–water partition coefficient (Wildman–Crippen LogP) is 1.38. The van der Waals surface area contributed by atoms with Gasteiger partial charge in [-0.3, -0.25) is 4.79 Å². The van der Waals surface area contributed by atoms with Crippen molar-refractivity contribution in [2.24, 2.45) is 5.73 Å². The Kier molecular flexibility index (Phi) is 2.77. The predicted molar refractivity (Wildman–Crippen MR) is 64.3 cm³/mol. The summed E-state index contributed by atoms with van der Waals surface area (Å²) in [5.74, 6) is -0.331. The Labute approximate surface area is 94.9 Å². The van der Waals surface area contributed by atoms with Crippen molar-refractivity contribution in [3.8, 4) is 0 Å². The molecule has 0 saturated heterocycles. The van der Waals surface area contributed by atoms with E-state index < -0.39 is 0 Å². The number of carbonyl (C=O) groups is 1. The molecule has 0 radical (unpaired) electrons. The third kappa shape index (κ3) is 1.98. The largest absolute Gasteiger partial charge is 0.368 e. The molecule has 3 heteroatoms. The van der Waals surface area contributed by atoms with Crippen LogP contribution < -0.4 is 5.73 Å². The van der Waals surface area contributed by atoms with Crippen LogP contribution in [0.3, 0.4) is 0 Å². The molecule has 1 aromatic rings. The van der Waals surface area contributed by atoms with Gasteiger partial charge in [0.1, 0.15) is 6.04 Å². The van der Waals surface area contributed by atoms with Gasteiger partial charge in [-0.05, 0) is 11.1 Å². The number of hydrogen-bond acceptors (Lipinski definition) is 2. The van der Waals surface area contributed by atoms with E-state index in [0.717, 1.165) is 11.1 Å². The summed E-state index contributed by atoms with van der Waals surface area (Å²) >= 11 is 0. The van der Waals surface area contributed by atoms with Crippen LogP contribution in [0.2, 0.25) is 0 Å². The lowest BCUT2D eigenvalue weighted by atomic mass is 10.0. The van der Waals surface area contributed by atoms with Crippen molar-refractivity contribution < 1.29 is 4.79 Å². The van der Waals surface area contributed by atoms with Gasteiger partial charge in [-0.2, -0.15) is 0 Å². The minimum atomic E-state index is -0.340. The van der Waals surface area contributed by atoms with E-state index in [1.807, 2.05) is 60.6 Å². The Hall–Kier alpha value is -2.03. The highest BCUT2D eigenvalue weighted by molar-refractivity contribution is 5.85. The van der Waals surface area contributed by atoms with Gasteiger partial charge in [0.05, 0.1) is 0 Å². The maximum atomic E-state index is 11.1. The maximum absolute atomic E-state index is 11.1. The Morgan fingerprint density at radius 3 is 2.56 bits per heavy atom. The van der Waals surface area contributed by atoms with E-state index in [-0.39, 0.29) is 11.9 Å². The van der Waals surface area contributed by atoms with Crippen molar-refractivity contribution in [3.63, 3.8) is 0 Å². The molecule has 1 atom stereocenters. The lowest BCUT2D eigenvalue weighted by Gasteiger charge is -2.25. The molecule has 0 aromatic heterocycles. The molecular weight excluding hydrogens is 200 g/mol. The summed E-state index contributed by atoms with van der Waals surface area (Å²) in [6, 6.07) is 9.69. The maximum Gasteiger partial charge on any atom is 0.244 e. The second kappa shape index (κ2) is 4.23. The van der Waals surface area contributed by atoms with Crippen LogP contribution >= 0.6 is 0 Å². The summed E-state index contributed by atoms with van der Waals surface area (Å²) in [5.41, 5.74) is 7.50. The van der Waals surface area contributed by atoms with Gasteiger partial charge in [0, 0.05) is 13.2 Å². The molecule has 1 aromatic carbocycles. The third-order valence-electron chi connectivity index (χ3n) is 2.64. The fourth-order valence-corrected chi connectivity index (χ4v) is 1.77. The molecule has 1 unspecified atom stereocenters. The number of primary amides is 1. The summed E-state index contributed by atoms with van der Waals surface area (Å²) < 4.78 is 0. The number of amides is 1. The lowest BCUT2D eigenvalue weighted by Crippen LogP contribution is -2.39. The zero-order valence-electron chi connectivity index (χ0n) is 9.13. The SMILES string of the molecule is CN1C=C(c2ccccc2)C=CC1C(N)=O. The van der Waals surface area contributed by atoms with E-state index in [1.165, 1.54) is 0 Å². The van der Waals surface area contributed by atoms with E-state index in [1.54, 1.807) is 0 Å². The number of nitrogens with zero attached hydrogens (tertiary/aromatic N) is 1. The highest BCUT2D eigenvalue weighted by Crippen LogP contribution is 2.21. The number of rotatable bonds is 2. The Morgan fingerprint density at radius 1 is 1.31 bits per heavy atom. The molecule has 0 fully saturated rings. The monoisotopic (exact) mass is 214 g/mol. The standard InChI is InChI=1S/C13H14N2O/c1-15-9-11(7-8-12(15)13(14)16)10-5-3-2-4-6-10/h2-9,12H,1H3,(H2,14,16). The fraction of sp³-hybridized carbons (Fsp3) is 0.154. The molecule has 16 heavy (non-hydrogen) atoms. The van der Waals surface area contributed by atoms with E-state index in [9.17, 15) is 4.79 Å². The van der Waals surface area contributed by atoms with Gasteiger partial charge in [-0.1, -0.05) is 42.5 Å². The van der Waals surface area contributed by atoms with Crippen LogP contribution in [0.1, 0.15) is 5.56 Å². The van der Waals surface area contributed by atoms with Gasteiger partial charge in [-0.25, -0.2) is 0 Å². The zero-order valence-corrected chi connectivity index (χ0v) is 9.13. The zero-order chi connectivity index (χ0) is 11.5. The molecule has 0 bridgehead atoms. The second-order valence-electron chi connectivity index (χ2n) is 3.82. The third-order valence-corrected chi connectivity index (χ3v) is 2.64. The van der Waals surface area contributed by atoms with Crippen LogP contribution in [0.15, 0.2) is 48.7 Å². The Morgan fingerprint density at radius 2 is 2.00 bits per heavy atom. The molecule has 3 nitrogen and oxygen atoms in total. The molecule has 0 aliphatic carbocycles. The number of allylic oxidation sites excluding steroid dienone is 2. The van der Waals surface area contributed by atoms with Crippen molar-refractivity contribution in [1.29, 1.82) is 0 Å². The van der Waals surface area contributed by atoms with Crippen molar-refractivity contribution in [2.45, 2.75) is 6.04 Å². The van der Waals surface area contributed by atoms with Crippen molar-refractivity contribution in [1.82, 2.24) is 4.90 Å². The van der Waals surface area contributed by atoms with Crippen LogP contribution in [0.4, 0.5) is 0 Å². The van der Waals surface area contributed by atoms with Crippen molar-refractivity contribution >= 4 is 11.5 Å². The molecule has 0 saturated carbocycles. The average molecular weight is 214 g/mol. The van der Waals surface area contributed by atoms with Gasteiger partial charge in [0.2, 0.25) is 5.91 Å². The van der Waals surface area contributed by atoms with Gasteiger partial charge >= 0.3 is 0 Å². The van der Waals surface area contributed by atoms with Crippen molar-refractivity contribution in [3.05, 3.63) is 54.2 Å². The molecule has 82 valence electrons. The van der Waals surface area contributed by atoms with Gasteiger partial charge in [0.15, 0.2) is 0 Å². The molecule has 2 rings (SSSR count). The summed E-state index contributed by atoms with van der Waals surface area (Å²) in [7, 11) is 1.85. The molecule has 1 aliphatic heterocycles. The summed E-state index contributed by atoms with van der Waals surface area (Å²) in [6.45, 7) is 0. The van der Waals surface area contributed by atoms with Crippen LogP contribution in [-0.2, 0) is 4.79 Å². The Bertz CT molecular complexity index is 448. The van der Waals surface area contributed by atoms with E-state index >= 15 is 0 Å². The van der Waals surface area contributed by atoms with Gasteiger partial charge in [0.25, 0.3) is 0 Å². The van der Waals surface area contributed by atoms with E-state index in [4.69, 9.17) is 5.73 Å². The minimum absolute atomic E-state index is 0.331.